The van der Waals surface area contributed by atoms with Gasteiger partial charge in [-0.05, 0) is 47.5 Å². The number of urea groups is 1. The van der Waals surface area contributed by atoms with E-state index in [0.29, 0.717) is 30.0 Å². The highest BCUT2D eigenvalue weighted by Gasteiger charge is 2.30. The number of nitrogens with one attached hydrogen (secondary N) is 2. The van der Waals surface area contributed by atoms with E-state index in [0.717, 1.165) is 22.0 Å². The third-order valence-electron chi connectivity index (χ3n) is 6.18. The van der Waals surface area contributed by atoms with Gasteiger partial charge in [-0.2, -0.15) is 0 Å². The number of pyridine rings is 1. The predicted octanol–water partition coefficient (Wildman–Crippen LogP) is 4.11. The van der Waals surface area contributed by atoms with Gasteiger partial charge in [0.15, 0.2) is 0 Å². The van der Waals surface area contributed by atoms with Gasteiger partial charge in [-0.25, -0.2) is 9.18 Å². The van der Waals surface area contributed by atoms with Gasteiger partial charge in [0.05, 0.1) is 11.6 Å². The zero-order valence-electron chi connectivity index (χ0n) is 19.7. The van der Waals surface area contributed by atoms with Crippen LogP contribution in [0.25, 0.3) is 10.9 Å². The first-order chi connectivity index (χ1) is 18.0. The SMILES string of the molecule is O=CNC(=O)N[C@@H](CN1Cc2ccc(OCc3cnc4ccccc4c3)cc2C1=O)c1ccc(F)cc1. The van der Waals surface area contributed by atoms with Crippen LogP contribution in [0.4, 0.5) is 9.18 Å². The molecule has 0 radical (unpaired) electrons. The van der Waals surface area contributed by atoms with Crippen molar-refractivity contribution < 1.29 is 23.5 Å². The average Bonchev–Trinajstić information content (AvgIpc) is 3.22. The van der Waals surface area contributed by atoms with Crippen molar-refractivity contribution in [2.45, 2.75) is 19.2 Å². The summed E-state index contributed by atoms with van der Waals surface area (Å²) < 4.78 is 19.4. The third kappa shape index (κ3) is 5.40. The maximum atomic E-state index is 13.4. The molecule has 9 heteroatoms. The van der Waals surface area contributed by atoms with Gasteiger partial charge in [-0.15, -0.1) is 0 Å². The molecule has 2 heterocycles. The van der Waals surface area contributed by atoms with Crippen molar-refractivity contribution in [3.63, 3.8) is 0 Å². The predicted molar refractivity (Wildman–Crippen MR) is 134 cm³/mol. The fourth-order valence-corrected chi connectivity index (χ4v) is 4.34. The van der Waals surface area contributed by atoms with E-state index < -0.39 is 17.9 Å². The summed E-state index contributed by atoms with van der Waals surface area (Å²) in [5.41, 5.74) is 3.77. The van der Waals surface area contributed by atoms with E-state index in [1.807, 2.05) is 47.8 Å². The number of nitrogens with zero attached hydrogens (tertiary/aromatic N) is 2. The Morgan fingerprint density at radius 1 is 1.11 bits per heavy atom. The zero-order valence-corrected chi connectivity index (χ0v) is 19.7. The van der Waals surface area contributed by atoms with E-state index in [1.165, 1.54) is 24.3 Å². The van der Waals surface area contributed by atoms with Crippen LogP contribution in [0.3, 0.4) is 0 Å². The van der Waals surface area contributed by atoms with Crippen LogP contribution >= 0.6 is 0 Å². The van der Waals surface area contributed by atoms with Gasteiger partial charge in [0.1, 0.15) is 18.2 Å². The van der Waals surface area contributed by atoms with Crippen LogP contribution in [0.15, 0.2) is 79.0 Å². The minimum absolute atomic E-state index is 0.129. The van der Waals surface area contributed by atoms with Crippen LogP contribution in [-0.2, 0) is 17.9 Å². The highest BCUT2D eigenvalue weighted by Crippen LogP contribution is 2.29. The lowest BCUT2D eigenvalue weighted by Crippen LogP contribution is -2.42. The van der Waals surface area contributed by atoms with Crippen molar-refractivity contribution >= 4 is 29.3 Å². The number of benzene rings is 3. The number of halogens is 1. The first-order valence-electron chi connectivity index (χ1n) is 11.6. The number of imide groups is 1. The molecule has 0 saturated heterocycles. The number of hydrogen-bond acceptors (Lipinski definition) is 5. The Morgan fingerprint density at radius 3 is 2.73 bits per heavy atom. The molecule has 1 aromatic heterocycles. The molecule has 0 bridgehead atoms. The molecule has 0 unspecified atom stereocenters. The van der Waals surface area contributed by atoms with E-state index in [2.05, 4.69) is 10.3 Å². The third-order valence-corrected chi connectivity index (χ3v) is 6.18. The fourth-order valence-electron chi connectivity index (χ4n) is 4.34. The first-order valence-corrected chi connectivity index (χ1v) is 11.6. The molecule has 3 aromatic carbocycles. The summed E-state index contributed by atoms with van der Waals surface area (Å²) in [6.45, 7) is 0.777. The van der Waals surface area contributed by atoms with Crippen molar-refractivity contribution in [3.05, 3.63) is 107 Å². The minimum Gasteiger partial charge on any atom is -0.489 e. The summed E-state index contributed by atoms with van der Waals surface area (Å²) in [5, 5.41) is 5.71. The summed E-state index contributed by atoms with van der Waals surface area (Å²) in [7, 11) is 0. The maximum absolute atomic E-state index is 13.4. The number of amides is 4. The van der Waals surface area contributed by atoms with E-state index in [1.54, 1.807) is 17.2 Å². The standard InChI is InChI=1S/C28H23FN4O4/c29-22-8-5-19(6-9-22)26(32-28(36)31-17-34)15-33-14-21-7-10-23(12-24(21)27(33)35)37-16-18-11-20-3-1-2-4-25(20)30-13-18/h1-13,17,26H,14-16H2,(H2,31,32,34,36)/t26-/m0/s1. The van der Waals surface area contributed by atoms with Crippen molar-refractivity contribution in [1.82, 2.24) is 20.5 Å². The number of rotatable bonds is 8. The molecule has 0 spiro atoms. The molecule has 8 nitrogen and oxygen atoms in total. The molecule has 186 valence electrons. The Bertz CT molecular complexity index is 1480. The molecule has 1 aliphatic rings. The summed E-state index contributed by atoms with van der Waals surface area (Å²) >= 11 is 0. The van der Waals surface area contributed by atoms with Crippen LogP contribution in [0.2, 0.25) is 0 Å². The Labute approximate surface area is 212 Å². The topological polar surface area (TPSA) is 101 Å². The summed E-state index contributed by atoms with van der Waals surface area (Å²) in [5.74, 6) is -0.0743. The Hall–Kier alpha value is -4.79. The lowest BCUT2D eigenvalue weighted by atomic mass is 10.1. The quantitative estimate of drug-likeness (QED) is 0.356. The second-order valence-corrected chi connectivity index (χ2v) is 8.67. The second kappa shape index (κ2) is 10.4. The van der Waals surface area contributed by atoms with Gasteiger partial charge in [-0.1, -0.05) is 36.4 Å². The highest BCUT2D eigenvalue weighted by atomic mass is 19.1. The smallest absolute Gasteiger partial charge is 0.321 e. The van der Waals surface area contributed by atoms with Gasteiger partial charge in [0, 0.05) is 35.8 Å². The molecule has 0 fully saturated rings. The van der Waals surface area contributed by atoms with Crippen molar-refractivity contribution in [3.8, 4) is 5.75 Å². The Balaban J connectivity index is 1.28. The van der Waals surface area contributed by atoms with Crippen LogP contribution in [0.5, 0.6) is 5.75 Å². The normalized spacial score (nSPS) is 13.2. The zero-order chi connectivity index (χ0) is 25.8. The van der Waals surface area contributed by atoms with Gasteiger partial charge in [0.25, 0.3) is 5.91 Å². The molecule has 5 rings (SSSR count). The van der Waals surface area contributed by atoms with Crippen molar-refractivity contribution in [1.29, 1.82) is 0 Å². The molecule has 0 aliphatic carbocycles. The molecule has 0 saturated carbocycles. The first kappa shape index (κ1) is 23.9. The fraction of sp³-hybridized carbons (Fsp3) is 0.143. The second-order valence-electron chi connectivity index (χ2n) is 8.67. The van der Waals surface area contributed by atoms with Gasteiger partial charge in [-0.3, -0.25) is 19.9 Å². The Kier molecular flexibility index (Phi) is 6.76. The number of ether oxygens (including phenoxy) is 1. The molecule has 4 amide bonds. The summed E-state index contributed by atoms with van der Waals surface area (Å²) in [4.78, 5) is 41.9. The van der Waals surface area contributed by atoms with E-state index in [9.17, 15) is 18.8 Å². The van der Waals surface area contributed by atoms with E-state index >= 15 is 0 Å². The molecular formula is C28H23FN4O4. The molecule has 37 heavy (non-hydrogen) atoms. The summed E-state index contributed by atoms with van der Waals surface area (Å²) in [6, 6.07) is 19.5. The lowest BCUT2D eigenvalue weighted by molar-refractivity contribution is -0.108. The van der Waals surface area contributed by atoms with Crippen molar-refractivity contribution in [2.24, 2.45) is 0 Å². The number of aromatic nitrogens is 1. The largest absolute Gasteiger partial charge is 0.489 e. The molecule has 1 atom stereocenters. The monoisotopic (exact) mass is 498 g/mol. The summed E-state index contributed by atoms with van der Waals surface area (Å²) in [6.07, 6.45) is 2.04. The van der Waals surface area contributed by atoms with Crippen LogP contribution < -0.4 is 15.4 Å². The van der Waals surface area contributed by atoms with Crippen LogP contribution in [0.1, 0.15) is 33.1 Å². The number of carbonyl (C=O) groups is 3. The van der Waals surface area contributed by atoms with Crippen LogP contribution in [0, 0.1) is 5.82 Å². The maximum Gasteiger partial charge on any atom is 0.321 e. The molecule has 2 N–H and O–H groups in total. The number of fused-ring (bicyclic) bond motifs is 2. The average molecular weight is 499 g/mol. The lowest BCUT2D eigenvalue weighted by Gasteiger charge is -2.25. The Morgan fingerprint density at radius 2 is 1.92 bits per heavy atom. The van der Waals surface area contributed by atoms with E-state index in [4.69, 9.17) is 4.74 Å². The highest BCUT2D eigenvalue weighted by molar-refractivity contribution is 5.98. The van der Waals surface area contributed by atoms with Gasteiger partial charge < -0.3 is 15.0 Å². The molecule has 4 aromatic rings. The number of carbonyl (C=O) groups excluding carboxylic acids is 3. The van der Waals surface area contributed by atoms with Gasteiger partial charge >= 0.3 is 6.03 Å². The minimum atomic E-state index is -0.715. The number of hydrogen-bond donors (Lipinski definition) is 2. The van der Waals surface area contributed by atoms with Gasteiger partial charge in [0.2, 0.25) is 6.41 Å². The molecular weight excluding hydrogens is 475 g/mol. The van der Waals surface area contributed by atoms with Crippen LogP contribution in [-0.4, -0.2) is 34.8 Å². The van der Waals surface area contributed by atoms with Crippen molar-refractivity contribution in [2.75, 3.05) is 6.54 Å². The van der Waals surface area contributed by atoms with E-state index in [-0.39, 0.29) is 18.9 Å². The molecule has 1 aliphatic heterocycles. The number of para-hydroxylation sites is 1.